The van der Waals surface area contributed by atoms with Crippen molar-refractivity contribution in [1.29, 1.82) is 0 Å². The molecule has 0 saturated carbocycles. The first kappa shape index (κ1) is 7.82. The fraction of sp³-hybridized carbons (Fsp3) is 0. The van der Waals surface area contributed by atoms with Gasteiger partial charge in [0, 0.05) is 0 Å². The molecule has 1 aromatic rings. The number of hydrogen-bond donors (Lipinski definition) is 0. The van der Waals surface area contributed by atoms with E-state index in [9.17, 15) is 0 Å². The van der Waals surface area contributed by atoms with Crippen LogP contribution in [0.5, 0.6) is 0 Å². The minimum atomic E-state index is -2.30. The molecule has 3 heteroatoms. The average molecular weight is 352 g/mol. The Morgan fingerprint density at radius 1 is 1.00 bits per heavy atom. The van der Waals surface area contributed by atoms with Crippen molar-refractivity contribution in [3.05, 3.63) is 30.3 Å². The van der Waals surface area contributed by atoms with Crippen LogP contribution in [0.15, 0.2) is 30.3 Å². The maximum absolute atomic E-state index is 5.79. The number of rotatable bonds is 1. The van der Waals surface area contributed by atoms with Crippen molar-refractivity contribution < 1.29 is 0 Å². The van der Waals surface area contributed by atoms with Gasteiger partial charge in [-0.3, -0.25) is 0 Å². The van der Waals surface area contributed by atoms with Gasteiger partial charge >= 0.3 is 70.3 Å². The van der Waals surface area contributed by atoms with Crippen LogP contribution in [-0.4, -0.2) is 20.3 Å². The molecule has 0 nitrogen and oxygen atoms in total. The van der Waals surface area contributed by atoms with E-state index in [1.165, 1.54) is 3.12 Å². The summed E-state index contributed by atoms with van der Waals surface area (Å²) in [6.45, 7) is 0. The van der Waals surface area contributed by atoms with E-state index in [0.717, 1.165) is 0 Å². The summed E-state index contributed by atoms with van der Waals surface area (Å²) in [6.07, 6.45) is 0. The van der Waals surface area contributed by atoms with Crippen molar-refractivity contribution in [3.8, 4) is 0 Å². The van der Waals surface area contributed by atoms with Crippen LogP contribution in [0.3, 0.4) is 0 Å². The van der Waals surface area contributed by atoms with Gasteiger partial charge in [0.25, 0.3) is 0 Å². The molecule has 0 aliphatic carbocycles. The third kappa shape index (κ3) is 2.44. The van der Waals surface area contributed by atoms with Gasteiger partial charge in [0.1, 0.15) is 0 Å². The molecule has 0 bridgehead atoms. The van der Waals surface area contributed by atoms with Crippen LogP contribution >= 0.6 is 16.6 Å². The van der Waals surface area contributed by atoms with E-state index in [-0.39, 0.29) is 0 Å². The monoisotopic (exact) mass is 352 g/mol. The Hall–Kier alpha value is 0.722. The molecule has 0 radical (unpaired) electrons. The van der Waals surface area contributed by atoms with Gasteiger partial charge in [-0.15, -0.1) is 0 Å². The Kier molecular flexibility index (Phi) is 3.29. The molecular weight excluding hydrogens is 347 g/mol. The standard InChI is InChI=1S/C6H5.2ClH.Tl/c1-2-4-6-5-3-1;;;/h1-5H;2*1H;/q;;;+2/p-2. The maximum atomic E-state index is 5.79. The van der Waals surface area contributed by atoms with Gasteiger partial charge in [-0.25, -0.2) is 0 Å². The predicted molar refractivity (Wildman–Crippen MR) is 43.5 cm³/mol. The number of hydrogen-bond acceptors (Lipinski definition) is 0. The molecule has 0 saturated heterocycles. The molecule has 0 aliphatic heterocycles. The Balaban J connectivity index is 2.85. The van der Waals surface area contributed by atoms with Crippen LogP contribution in [0.4, 0.5) is 0 Å². The van der Waals surface area contributed by atoms with Gasteiger partial charge in [-0.1, -0.05) is 0 Å². The van der Waals surface area contributed by atoms with Crippen molar-refractivity contribution in [2.24, 2.45) is 0 Å². The molecule has 0 amide bonds. The summed E-state index contributed by atoms with van der Waals surface area (Å²) in [4.78, 5) is 0. The molecule has 1 aromatic carbocycles. The van der Waals surface area contributed by atoms with Gasteiger partial charge in [0.05, 0.1) is 0 Å². The van der Waals surface area contributed by atoms with Crippen LogP contribution in [0.25, 0.3) is 0 Å². The number of benzene rings is 1. The van der Waals surface area contributed by atoms with E-state index in [0.29, 0.717) is 0 Å². The molecule has 9 heavy (non-hydrogen) atoms. The zero-order valence-corrected chi connectivity index (χ0v) is 10.7. The molecule has 0 N–H and O–H groups in total. The third-order valence-corrected chi connectivity index (χ3v) is 8.93. The van der Waals surface area contributed by atoms with Crippen molar-refractivity contribution >= 4 is 40.0 Å². The summed E-state index contributed by atoms with van der Waals surface area (Å²) in [5.41, 5.74) is 0. The second-order valence-electron chi connectivity index (χ2n) is 1.71. The zero-order chi connectivity index (χ0) is 6.69. The van der Waals surface area contributed by atoms with Crippen LogP contribution in [0, 0.1) is 0 Å². The molecule has 0 unspecified atom stereocenters. The summed E-state index contributed by atoms with van der Waals surface area (Å²) in [7, 11) is 11.6. The molecule has 0 heterocycles. The van der Waals surface area contributed by atoms with Crippen LogP contribution in [0.1, 0.15) is 0 Å². The van der Waals surface area contributed by atoms with E-state index >= 15 is 0 Å². The fourth-order valence-electron chi connectivity index (χ4n) is 0.599. The Morgan fingerprint density at radius 2 is 1.56 bits per heavy atom. The quantitative estimate of drug-likeness (QED) is 0.677. The summed E-state index contributed by atoms with van der Waals surface area (Å²) < 4.78 is 1.17. The Bertz CT molecular complexity index is 174. The molecule has 1 rings (SSSR count). The van der Waals surface area contributed by atoms with Crippen molar-refractivity contribution in [1.82, 2.24) is 0 Å². The van der Waals surface area contributed by atoms with Crippen LogP contribution in [0.2, 0.25) is 0 Å². The SMILES string of the molecule is [Cl][Tl]([Cl])[c]1ccccc1. The van der Waals surface area contributed by atoms with Gasteiger partial charge in [0.2, 0.25) is 0 Å². The van der Waals surface area contributed by atoms with E-state index in [4.69, 9.17) is 16.6 Å². The fourth-order valence-corrected chi connectivity index (χ4v) is 5.15. The molecule has 0 aromatic heterocycles. The summed E-state index contributed by atoms with van der Waals surface area (Å²) in [6, 6.07) is 9.88. The zero-order valence-electron chi connectivity index (χ0n) is 4.72. The van der Waals surface area contributed by atoms with E-state index in [2.05, 4.69) is 0 Å². The molecule has 0 aliphatic rings. The van der Waals surface area contributed by atoms with E-state index in [1.54, 1.807) is 0 Å². The summed E-state index contributed by atoms with van der Waals surface area (Å²) >= 11 is -2.30. The Labute approximate surface area is 69.9 Å². The first-order valence-corrected chi connectivity index (χ1v) is 15.9. The predicted octanol–water partition coefficient (Wildman–Crippen LogP) is 1.86. The van der Waals surface area contributed by atoms with Crippen molar-refractivity contribution in [3.63, 3.8) is 0 Å². The molecule has 0 atom stereocenters. The van der Waals surface area contributed by atoms with Gasteiger partial charge in [-0.05, 0) is 0 Å². The third-order valence-electron chi connectivity index (χ3n) is 1.05. The van der Waals surface area contributed by atoms with Crippen molar-refractivity contribution in [2.45, 2.75) is 0 Å². The first-order chi connectivity index (χ1) is 4.30. The average Bonchev–Trinajstić information content (AvgIpc) is 1.90. The molecular formula is C6H5Cl2Tl. The van der Waals surface area contributed by atoms with Gasteiger partial charge in [0.15, 0.2) is 0 Å². The van der Waals surface area contributed by atoms with E-state index < -0.39 is 20.3 Å². The summed E-state index contributed by atoms with van der Waals surface area (Å²) in [5, 5.41) is 0. The number of halogens is 2. The minimum absolute atomic E-state index is 1.17. The van der Waals surface area contributed by atoms with Gasteiger partial charge in [-0.2, -0.15) is 0 Å². The first-order valence-electron chi connectivity index (χ1n) is 2.64. The van der Waals surface area contributed by atoms with Crippen LogP contribution < -0.4 is 3.12 Å². The normalized spacial score (nSPS) is 9.11. The topological polar surface area (TPSA) is 0 Å². The van der Waals surface area contributed by atoms with Crippen LogP contribution in [-0.2, 0) is 0 Å². The molecule has 46 valence electrons. The second kappa shape index (κ2) is 3.79. The molecule has 0 spiro atoms. The van der Waals surface area contributed by atoms with Gasteiger partial charge < -0.3 is 0 Å². The second-order valence-corrected chi connectivity index (χ2v) is 16.3. The van der Waals surface area contributed by atoms with Crippen molar-refractivity contribution in [2.75, 3.05) is 0 Å². The molecule has 0 fully saturated rings. The summed E-state index contributed by atoms with van der Waals surface area (Å²) in [5.74, 6) is 0. The van der Waals surface area contributed by atoms with E-state index in [1.807, 2.05) is 30.3 Å². The Morgan fingerprint density at radius 3 is 1.89 bits per heavy atom.